The average molecular weight is 312 g/mol. The fourth-order valence-electron chi connectivity index (χ4n) is 2.12. The van der Waals surface area contributed by atoms with Crippen LogP contribution in [0.2, 0.25) is 0 Å². The number of hydrogen-bond acceptors (Lipinski definition) is 2. The van der Waals surface area contributed by atoms with Crippen LogP contribution >= 0.6 is 11.6 Å². The van der Waals surface area contributed by atoms with Crippen molar-refractivity contribution < 1.29 is 9.59 Å². The lowest BCUT2D eigenvalue weighted by molar-refractivity contribution is -0.116. The van der Waals surface area contributed by atoms with Gasteiger partial charge in [-0.3, -0.25) is 14.5 Å². The molecule has 22 heavy (non-hydrogen) atoms. The standard InChI is InChI=1S/C18H14ClNO2/c1-2-12-20(17(21)13-19)16-11-7-6-10-15(16)18(22)14-8-4-3-5-9-14/h1,3-11H,12-13H2. The van der Waals surface area contributed by atoms with Crippen molar-refractivity contribution >= 4 is 29.0 Å². The van der Waals surface area contributed by atoms with E-state index in [9.17, 15) is 9.59 Å². The Balaban J connectivity index is 2.48. The highest BCUT2D eigenvalue weighted by Crippen LogP contribution is 2.23. The van der Waals surface area contributed by atoms with Crippen molar-refractivity contribution in [1.82, 2.24) is 0 Å². The molecule has 0 aliphatic rings. The first-order valence-corrected chi connectivity index (χ1v) is 7.21. The van der Waals surface area contributed by atoms with Gasteiger partial charge in [-0.25, -0.2) is 0 Å². The van der Waals surface area contributed by atoms with Crippen molar-refractivity contribution in [2.45, 2.75) is 0 Å². The highest BCUT2D eigenvalue weighted by atomic mass is 35.5. The van der Waals surface area contributed by atoms with Crippen LogP contribution in [-0.4, -0.2) is 24.1 Å². The zero-order valence-corrected chi connectivity index (χ0v) is 12.6. The summed E-state index contributed by atoms with van der Waals surface area (Å²) >= 11 is 5.64. The van der Waals surface area contributed by atoms with E-state index in [0.717, 1.165) is 0 Å². The molecule has 0 saturated heterocycles. The number of nitrogens with zero attached hydrogens (tertiary/aromatic N) is 1. The second-order valence-corrected chi connectivity index (χ2v) is 4.80. The van der Waals surface area contributed by atoms with Crippen LogP contribution in [-0.2, 0) is 4.79 Å². The zero-order valence-electron chi connectivity index (χ0n) is 11.8. The number of ketones is 1. The topological polar surface area (TPSA) is 37.4 Å². The molecule has 0 atom stereocenters. The summed E-state index contributed by atoms with van der Waals surface area (Å²) in [6.45, 7) is 0.0602. The first kappa shape index (κ1) is 15.8. The molecular formula is C18H14ClNO2. The Kier molecular flexibility index (Phi) is 5.35. The van der Waals surface area contributed by atoms with Crippen LogP contribution in [0.5, 0.6) is 0 Å². The summed E-state index contributed by atoms with van der Waals surface area (Å²) in [6.07, 6.45) is 5.32. The van der Waals surface area contributed by atoms with Gasteiger partial charge < -0.3 is 0 Å². The van der Waals surface area contributed by atoms with Gasteiger partial charge >= 0.3 is 0 Å². The van der Waals surface area contributed by atoms with Gasteiger partial charge in [0.25, 0.3) is 0 Å². The highest BCUT2D eigenvalue weighted by Gasteiger charge is 2.20. The molecular weight excluding hydrogens is 298 g/mol. The normalized spacial score (nSPS) is 9.82. The van der Waals surface area contributed by atoms with E-state index >= 15 is 0 Å². The van der Waals surface area contributed by atoms with Gasteiger partial charge in [-0.2, -0.15) is 0 Å². The molecule has 0 unspecified atom stereocenters. The molecule has 0 aliphatic heterocycles. The summed E-state index contributed by atoms with van der Waals surface area (Å²) in [5.74, 6) is 1.72. The Morgan fingerprint density at radius 1 is 1.05 bits per heavy atom. The first-order valence-electron chi connectivity index (χ1n) is 6.67. The maximum absolute atomic E-state index is 12.7. The molecule has 0 N–H and O–H groups in total. The monoisotopic (exact) mass is 311 g/mol. The number of halogens is 1. The Bertz CT molecular complexity index is 719. The maximum atomic E-state index is 12.7. The van der Waals surface area contributed by atoms with Crippen LogP contribution in [0.25, 0.3) is 0 Å². The van der Waals surface area contributed by atoms with Gasteiger partial charge in [0.05, 0.1) is 12.2 Å². The van der Waals surface area contributed by atoms with E-state index in [1.165, 1.54) is 4.90 Å². The molecule has 2 rings (SSSR count). The Labute approximate surface area is 134 Å². The fraction of sp³-hybridized carbons (Fsp3) is 0.111. The molecule has 0 heterocycles. The van der Waals surface area contributed by atoms with Crippen LogP contribution in [0, 0.1) is 12.3 Å². The van der Waals surface area contributed by atoms with Crippen molar-refractivity contribution in [3.05, 3.63) is 65.7 Å². The molecule has 0 fully saturated rings. The largest absolute Gasteiger partial charge is 0.299 e. The predicted molar refractivity (Wildman–Crippen MR) is 88.2 cm³/mol. The SMILES string of the molecule is C#CCN(C(=O)CCl)c1ccccc1C(=O)c1ccccc1. The molecule has 1 amide bonds. The first-order chi connectivity index (χ1) is 10.7. The Morgan fingerprint density at radius 3 is 2.32 bits per heavy atom. The van der Waals surface area contributed by atoms with Crippen LogP contribution < -0.4 is 4.90 Å². The number of amides is 1. The van der Waals surface area contributed by atoms with Gasteiger partial charge in [0.15, 0.2) is 5.78 Å². The number of para-hydroxylation sites is 1. The lowest BCUT2D eigenvalue weighted by atomic mass is 10.0. The number of alkyl halides is 1. The van der Waals surface area contributed by atoms with Crippen molar-refractivity contribution in [1.29, 1.82) is 0 Å². The smallest absolute Gasteiger partial charge is 0.242 e. The second-order valence-electron chi connectivity index (χ2n) is 4.53. The lowest BCUT2D eigenvalue weighted by Crippen LogP contribution is -2.33. The molecule has 0 radical (unpaired) electrons. The van der Waals surface area contributed by atoms with Crippen LogP contribution in [0.15, 0.2) is 54.6 Å². The summed E-state index contributed by atoms with van der Waals surface area (Å²) in [5.41, 5.74) is 1.44. The van der Waals surface area contributed by atoms with Crippen molar-refractivity contribution in [3.63, 3.8) is 0 Å². The number of carbonyl (C=O) groups excluding carboxylic acids is 2. The summed E-state index contributed by atoms with van der Waals surface area (Å²) in [7, 11) is 0. The average Bonchev–Trinajstić information content (AvgIpc) is 2.59. The molecule has 0 aromatic heterocycles. The number of benzene rings is 2. The highest BCUT2D eigenvalue weighted by molar-refractivity contribution is 6.29. The van der Waals surface area contributed by atoms with E-state index < -0.39 is 0 Å². The zero-order chi connectivity index (χ0) is 15.9. The minimum atomic E-state index is -0.340. The fourth-order valence-corrected chi connectivity index (χ4v) is 2.26. The molecule has 4 heteroatoms. The Morgan fingerprint density at radius 2 is 1.68 bits per heavy atom. The van der Waals surface area contributed by atoms with Crippen molar-refractivity contribution in [2.75, 3.05) is 17.3 Å². The maximum Gasteiger partial charge on any atom is 0.242 e. The van der Waals surface area contributed by atoms with E-state index in [1.54, 1.807) is 48.5 Å². The van der Waals surface area contributed by atoms with E-state index in [1.807, 2.05) is 6.07 Å². The van der Waals surface area contributed by atoms with Gasteiger partial charge in [-0.1, -0.05) is 48.4 Å². The third-order valence-corrected chi connectivity index (χ3v) is 3.37. The molecule has 0 saturated carbocycles. The van der Waals surface area contributed by atoms with E-state index in [4.69, 9.17) is 18.0 Å². The number of carbonyl (C=O) groups is 2. The van der Waals surface area contributed by atoms with Gasteiger partial charge in [0, 0.05) is 11.1 Å². The van der Waals surface area contributed by atoms with E-state index in [2.05, 4.69) is 5.92 Å². The van der Waals surface area contributed by atoms with E-state index in [-0.39, 0.29) is 24.1 Å². The molecule has 2 aromatic rings. The molecule has 0 aliphatic carbocycles. The van der Waals surface area contributed by atoms with E-state index in [0.29, 0.717) is 16.8 Å². The molecule has 2 aromatic carbocycles. The summed E-state index contributed by atoms with van der Waals surface area (Å²) in [5, 5.41) is 0. The van der Waals surface area contributed by atoms with Gasteiger partial charge in [-0.05, 0) is 12.1 Å². The third kappa shape index (κ3) is 3.36. The van der Waals surface area contributed by atoms with Gasteiger partial charge in [0.1, 0.15) is 5.88 Å². The minimum Gasteiger partial charge on any atom is -0.299 e. The van der Waals surface area contributed by atoms with Gasteiger partial charge in [-0.15, -0.1) is 18.0 Å². The Hall–Kier alpha value is -2.57. The third-order valence-electron chi connectivity index (χ3n) is 3.14. The van der Waals surface area contributed by atoms with Crippen LogP contribution in [0.3, 0.4) is 0 Å². The molecule has 0 spiro atoms. The summed E-state index contributed by atoms with van der Waals surface area (Å²) in [4.78, 5) is 26.0. The van der Waals surface area contributed by atoms with Crippen LogP contribution in [0.4, 0.5) is 5.69 Å². The number of anilines is 1. The predicted octanol–water partition coefficient (Wildman–Crippen LogP) is 3.12. The van der Waals surface area contributed by atoms with Crippen molar-refractivity contribution in [3.8, 4) is 12.3 Å². The number of rotatable bonds is 5. The second kappa shape index (κ2) is 7.44. The van der Waals surface area contributed by atoms with Crippen molar-refractivity contribution in [2.24, 2.45) is 0 Å². The lowest BCUT2D eigenvalue weighted by Gasteiger charge is -2.22. The van der Waals surface area contributed by atoms with Gasteiger partial charge in [0.2, 0.25) is 5.91 Å². The number of hydrogen-bond donors (Lipinski definition) is 0. The molecule has 110 valence electrons. The summed E-state index contributed by atoms with van der Waals surface area (Å²) < 4.78 is 0. The summed E-state index contributed by atoms with van der Waals surface area (Å²) in [6, 6.07) is 15.7. The quantitative estimate of drug-likeness (QED) is 0.483. The minimum absolute atomic E-state index is 0.0602. The molecule has 3 nitrogen and oxygen atoms in total. The molecule has 0 bridgehead atoms. The van der Waals surface area contributed by atoms with Crippen LogP contribution in [0.1, 0.15) is 15.9 Å². The number of terminal acetylenes is 1.